The first-order valence-corrected chi connectivity index (χ1v) is 5.76. The third-order valence-corrected chi connectivity index (χ3v) is 3.79. The van der Waals surface area contributed by atoms with Crippen molar-refractivity contribution in [2.75, 3.05) is 20.1 Å². The second-order valence-corrected chi connectivity index (χ2v) is 4.85. The molecular weight excluding hydrogens is 208 g/mol. The molecule has 0 aliphatic carbocycles. The Kier molecular flexibility index (Phi) is 2.88. The lowest BCUT2D eigenvalue weighted by atomic mass is 10.0. The van der Waals surface area contributed by atoms with Gasteiger partial charge in [0.15, 0.2) is 0 Å². The number of carboxylic acids is 1. The van der Waals surface area contributed by atoms with Crippen molar-refractivity contribution in [1.82, 2.24) is 9.80 Å². The summed E-state index contributed by atoms with van der Waals surface area (Å²) in [5.41, 5.74) is 0. The summed E-state index contributed by atoms with van der Waals surface area (Å²) in [6.07, 6.45) is 1.62. The number of rotatable bonds is 2. The van der Waals surface area contributed by atoms with Crippen LogP contribution in [0.5, 0.6) is 0 Å². The normalized spacial score (nSPS) is 36.0. The molecule has 0 spiro atoms. The Labute approximate surface area is 95.0 Å². The van der Waals surface area contributed by atoms with Crippen molar-refractivity contribution in [3.8, 4) is 0 Å². The first kappa shape index (κ1) is 11.4. The summed E-state index contributed by atoms with van der Waals surface area (Å²) in [6, 6.07) is -0.698. The zero-order chi connectivity index (χ0) is 11.9. The Morgan fingerprint density at radius 1 is 1.38 bits per heavy atom. The monoisotopic (exact) mass is 226 g/mol. The second-order valence-electron chi connectivity index (χ2n) is 4.85. The van der Waals surface area contributed by atoms with Crippen LogP contribution >= 0.6 is 0 Å². The van der Waals surface area contributed by atoms with Crippen molar-refractivity contribution < 1.29 is 14.7 Å². The van der Waals surface area contributed by atoms with Crippen LogP contribution in [0, 0.1) is 5.92 Å². The molecule has 2 saturated heterocycles. The van der Waals surface area contributed by atoms with Crippen LogP contribution in [0.1, 0.15) is 19.8 Å². The van der Waals surface area contributed by atoms with Crippen LogP contribution in [0.25, 0.3) is 0 Å². The Hall–Kier alpha value is -1.10. The topological polar surface area (TPSA) is 60.9 Å². The Morgan fingerprint density at radius 3 is 2.56 bits per heavy atom. The van der Waals surface area contributed by atoms with Gasteiger partial charge in [0.25, 0.3) is 0 Å². The number of hydrogen-bond donors (Lipinski definition) is 1. The molecule has 2 aliphatic heterocycles. The fourth-order valence-electron chi connectivity index (χ4n) is 2.82. The van der Waals surface area contributed by atoms with Gasteiger partial charge in [0.05, 0.1) is 6.04 Å². The molecule has 1 N–H and O–H groups in total. The predicted octanol–water partition coefficient (Wildman–Crippen LogP) is 0.0121. The number of aliphatic carboxylic acids is 1. The van der Waals surface area contributed by atoms with Crippen LogP contribution in [-0.4, -0.2) is 59.0 Å². The van der Waals surface area contributed by atoms with Crippen LogP contribution in [0.4, 0.5) is 0 Å². The van der Waals surface area contributed by atoms with Crippen LogP contribution in [0.3, 0.4) is 0 Å². The molecule has 1 amide bonds. The highest BCUT2D eigenvalue weighted by atomic mass is 16.4. The van der Waals surface area contributed by atoms with Crippen LogP contribution in [0.15, 0.2) is 0 Å². The van der Waals surface area contributed by atoms with Crippen molar-refractivity contribution in [2.24, 2.45) is 5.92 Å². The van der Waals surface area contributed by atoms with E-state index in [0.29, 0.717) is 0 Å². The molecule has 3 atom stereocenters. The molecule has 2 aliphatic rings. The van der Waals surface area contributed by atoms with E-state index in [1.54, 1.807) is 11.9 Å². The van der Waals surface area contributed by atoms with Gasteiger partial charge in [-0.2, -0.15) is 0 Å². The lowest BCUT2D eigenvalue weighted by Crippen LogP contribution is -2.48. The van der Waals surface area contributed by atoms with E-state index >= 15 is 0 Å². The smallest absolute Gasteiger partial charge is 0.321 e. The van der Waals surface area contributed by atoms with E-state index in [1.165, 1.54) is 0 Å². The summed E-state index contributed by atoms with van der Waals surface area (Å²) >= 11 is 0. The van der Waals surface area contributed by atoms with Gasteiger partial charge >= 0.3 is 5.97 Å². The van der Waals surface area contributed by atoms with Gasteiger partial charge in [0.2, 0.25) is 5.91 Å². The second kappa shape index (κ2) is 4.05. The van der Waals surface area contributed by atoms with Crippen LogP contribution in [-0.2, 0) is 9.59 Å². The van der Waals surface area contributed by atoms with Gasteiger partial charge in [-0.3, -0.25) is 14.5 Å². The van der Waals surface area contributed by atoms with Crippen molar-refractivity contribution in [1.29, 1.82) is 0 Å². The maximum Gasteiger partial charge on any atom is 0.321 e. The first-order chi connectivity index (χ1) is 7.52. The number of hydrogen-bond acceptors (Lipinski definition) is 3. The van der Waals surface area contributed by atoms with Gasteiger partial charge in [-0.25, -0.2) is 0 Å². The van der Waals surface area contributed by atoms with Crippen molar-refractivity contribution in [3.63, 3.8) is 0 Å². The highest BCUT2D eigenvalue weighted by molar-refractivity contribution is 5.85. The SMILES string of the molecule is CC1CCN(C2CCN(C)C2=O)C1C(=O)O. The molecule has 5 nitrogen and oxygen atoms in total. The zero-order valence-electron chi connectivity index (χ0n) is 9.72. The molecule has 0 aromatic heterocycles. The van der Waals surface area contributed by atoms with Crippen LogP contribution < -0.4 is 0 Å². The standard InChI is InChI=1S/C11H18N2O3/c1-7-3-6-13(9(7)11(15)16)8-4-5-12(2)10(8)14/h7-9H,3-6H2,1-2H3,(H,15,16). The maximum absolute atomic E-state index is 11.9. The third-order valence-electron chi connectivity index (χ3n) is 3.79. The number of carbonyl (C=O) groups is 2. The molecule has 0 radical (unpaired) electrons. The summed E-state index contributed by atoms with van der Waals surface area (Å²) in [4.78, 5) is 26.6. The highest BCUT2D eigenvalue weighted by Gasteiger charge is 2.45. The van der Waals surface area contributed by atoms with Crippen LogP contribution in [0.2, 0.25) is 0 Å². The van der Waals surface area contributed by atoms with E-state index in [2.05, 4.69) is 0 Å². The Balaban J connectivity index is 2.15. The maximum atomic E-state index is 11.9. The number of likely N-dealkylation sites (N-methyl/N-ethyl adjacent to an activating group) is 1. The van der Waals surface area contributed by atoms with Crippen molar-refractivity contribution >= 4 is 11.9 Å². The lowest BCUT2D eigenvalue weighted by molar-refractivity contribution is -0.145. The van der Waals surface area contributed by atoms with Gasteiger partial charge in [0.1, 0.15) is 6.04 Å². The van der Waals surface area contributed by atoms with E-state index in [-0.39, 0.29) is 17.9 Å². The molecule has 2 rings (SSSR count). The number of likely N-dealkylation sites (tertiary alicyclic amines) is 2. The number of carboxylic acid groups (broad SMARTS) is 1. The first-order valence-electron chi connectivity index (χ1n) is 5.76. The quantitative estimate of drug-likeness (QED) is 0.720. The van der Waals surface area contributed by atoms with E-state index in [1.807, 2.05) is 11.8 Å². The van der Waals surface area contributed by atoms with E-state index in [4.69, 9.17) is 0 Å². The largest absolute Gasteiger partial charge is 0.480 e. The molecule has 0 bridgehead atoms. The molecule has 90 valence electrons. The minimum atomic E-state index is -0.799. The summed E-state index contributed by atoms with van der Waals surface area (Å²) in [5, 5.41) is 9.20. The van der Waals surface area contributed by atoms with E-state index in [9.17, 15) is 14.7 Å². The minimum Gasteiger partial charge on any atom is -0.480 e. The van der Waals surface area contributed by atoms with Crippen molar-refractivity contribution in [2.45, 2.75) is 31.8 Å². The molecule has 0 aromatic rings. The Bertz CT molecular complexity index is 318. The van der Waals surface area contributed by atoms with Gasteiger partial charge in [0, 0.05) is 20.1 Å². The van der Waals surface area contributed by atoms with Crippen molar-refractivity contribution in [3.05, 3.63) is 0 Å². The van der Waals surface area contributed by atoms with Gasteiger partial charge < -0.3 is 10.0 Å². The summed E-state index contributed by atoms with van der Waals surface area (Å²) < 4.78 is 0. The van der Waals surface area contributed by atoms with Gasteiger partial charge in [-0.05, 0) is 18.8 Å². The average molecular weight is 226 g/mol. The van der Waals surface area contributed by atoms with Gasteiger partial charge in [-0.1, -0.05) is 6.92 Å². The van der Waals surface area contributed by atoms with E-state index < -0.39 is 12.0 Å². The fourth-order valence-corrected chi connectivity index (χ4v) is 2.82. The highest BCUT2D eigenvalue weighted by Crippen LogP contribution is 2.29. The number of amides is 1. The summed E-state index contributed by atoms with van der Waals surface area (Å²) in [5.74, 6) is -0.594. The molecular formula is C11H18N2O3. The zero-order valence-corrected chi connectivity index (χ0v) is 9.72. The summed E-state index contributed by atoms with van der Waals surface area (Å²) in [6.45, 7) is 3.41. The van der Waals surface area contributed by atoms with Gasteiger partial charge in [-0.15, -0.1) is 0 Å². The summed E-state index contributed by atoms with van der Waals surface area (Å²) in [7, 11) is 1.78. The third kappa shape index (κ3) is 1.69. The number of nitrogens with zero attached hydrogens (tertiary/aromatic N) is 2. The minimum absolute atomic E-state index is 0.0698. The molecule has 16 heavy (non-hydrogen) atoms. The predicted molar refractivity (Wildman–Crippen MR) is 58.0 cm³/mol. The molecule has 0 saturated carbocycles. The molecule has 3 unspecified atom stereocenters. The molecule has 5 heteroatoms. The molecule has 2 heterocycles. The molecule has 0 aromatic carbocycles. The average Bonchev–Trinajstić information content (AvgIpc) is 2.72. The fraction of sp³-hybridized carbons (Fsp3) is 0.818. The number of carbonyl (C=O) groups excluding carboxylic acids is 1. The Morgan fingerprint density at radius 2 is 2.06 bits per heavy atom. The van der Waals surface area contributed by atoms with E-state index in [0.717, 1.165) is 25.9 Å². The lowest BCUT2D eigenvalue weighted by Gasteiger charge is -2.27. The molecule has 2 fully saturated rings.